The predicted molar refractivity (Wildman–Crippen MR) is 190 cm³/mol. The summed E-state index contributed by atoms with van der Waals surface area (Å²) in [5.41, 5.74) is 5.56. The van der Waals surface area contributed by atoms with Crippen molar-refractivity contribution in [2.24, 2.45) is 0 Å². The first-order chi connectivity index (χ1) is 26.3. The molecular weight excluding hydrogens is 1060 g/mol. The zero-order chi connectivity index (χ0) is 45.3. The third kappa shape index (κ3) is 15.2. The average Bonchev–Trinajstić information content (AvgIpc) is 3.08. The first-order valence-corrected chi connectivity index (χ1v) is 16.9. The van der Waals surface area contributed by atoms with Gasteiger partial charge in [-0.2, -0.15) is 55.3 Å². The van der Waals surface area contributed by atoms with E-state index in [1.807, 2.05) is 0 Å². The van der Waals surface area contributed by atoms with E-state index >= 15 is 0 Å². The number of hydrogen-bond donors (Lipinski definition) is 2. The standard InChI is InChI=1S/C8H2BrClF3N.C8H2BrF4N.C8H4BrF3N2.C7H4ClF3N2O3/c2*9-6-2-5(8(11,12)13)1-4(3-14)7(6)10;9-6-2-5(8(10,11)12)1-4(3-13)7(6)14;8-4-1-3(16-7(9,10)11)2-5(6(4)12)13(14)15/h2*1-2H;1-2H,14H2;1-2H,12H2. The molecule has 4 rings (SSSR count). The Morgan fingerprint density at radius 2 is 1.02 bits per heavy atom. The Bertz CT molecular complexity index is 2120. The Kier molecular flexibility index (Phi) is 17.9. The van der Waals surface area contributed by atoms with Crippen molar-refractivity contribution in [1.82, 2.24) is 0 Å². The maximum atomic E-state index is 12.9. The minimum atomic E-state index is -4.95. The van der Waals surface area contributed by atoms with Gasteiger partial charge in [-0.3, -0.25) is 10.1 Å². The molecule has 0 amide bonds. The van der Waals surface area contributed by atoms with E-state index in [0.717, 1.165) is 24.3 Å². The molecule has 58 heavy (non-hydrogen) atoms. The SMILES string of the molecule is N#Cc1cc(C(F)(F)F)cc(Br)c1Cl.N#Cc1cc(C(F)(F)F)cc(Br)c1F.N#Cc1cc(C(F)(F)F)cc(Br)c1N.Nc1c(Cl)cc(OC(F)(F)F)cc1[N+](=O)[O-]. The van der Waals surface area contributed by atoms with Gasteiger partial charge in [0.05, 0.1) is 64.6 Å². The van der Waals surface area contributed by atoms with Crippen LogP contribution in [0.5, 0.6) is 5.75 Å². The third-order valence-corrected chi connectivity index (χ3v) is 8.85. The number of rotatable bonds is 2. The van der Waals surface area contributed by atoms with Crippen LogP contribution >= 0.6 is 71.0 Å². The number of nitro benzene ring substituents is 1. The van der Waals surface area contributed by atoms with Crippen LogP contribution in [-0.2, 0) is 18.5 Å². The summed E-state index contributed by atoms with van der Waals surface area (Å²) in [6, 6.07) is 10.0. The summed E-state index contributed by atoms with van der Waals surface area (Å²) < 4.78 is 162. The van der Waals surface area contributed by atoms with E-state index in [2.05, 4.69) is 52.5 Å². The average molecular weight is 1070 g/mol. The molecule has 0 aliphatic rings. The normalized spacial score (nSPS) is 11.2. The van der Waals surface area contributed by atoms with E-state index in [1.54, 1.807) is 12.1 Å². The quantitative estimate of drug-likeness (QED) is 0.0863. The minimum Gasteiger partial charge on any atom is -0.405 e. The van der Waals surface area contributed by atoms with Gasteiger partial charge < -0.3 is 16.2 Å². The van der Waals surface area contributed by atoms with Crippen molar-refractivity contribution in [3.8, 4) is 24.0 Å². The lowest BCUT2D eigenvalue weighted by Crippen LogP contribution is -2.17. The molecule has 0 bridgehead atoms. The van der Waals surface area contributed by atoms with Gasteiger partial charge in [-0.15, -0.1) is 13.2 Å². The largest absolute Gasteiger partial charge is 0.573 e. The molecule has 0 aromatic heterocycles. The first kappa shape index (κ1) is 51.3. The number of ether oxygens (including phenoxy) is 1. The van der Waals surface area contributed by atoms with E-state index in [1.165, 1.54) is 6.07 Å². The number of anilines is 2. The number of nitrogens with zero attached hydrogens (tertiary/aromatic N) is 4. The number of alkyl halides is 12. The number of nitrogen functional groups attached to an aromatic ring is 2. The number of nitriles is 3. The highest BCUT2D eigenvalue weighted by Gasteiger charge is 2.34. The molecule has 0 saturated carbocycles. The van der Waals surface area contributed by atoms with E-state index < -0.39 is 75.0 Å². The van der Waals surface area contributed by atoms with Crippen LogP contribution < -0.4 is 16.2 Å². The van der Waals surface area contributed by atoms with Gasteiger partial charge in [0.2, 0.25) is 0 Å². The maximum Gasteiger partial charge on any atom is 0.573 e. The topological polar surface area (TPSA) is 176 Å². The van der Waals surface area contributed by atoms with Crippen LogP contribution in [0.2, 0.25) is 10.0 Å². The highest BCUT2D eigenvalue weighted by atomic mass is 79.9. The minimum absolute atomic E-state index is 0.0134. The summed E-state index contributed by atoms with van der Waals surface area (Å²) in [6.07, 6.45) is -18.5. The van der Waals surface area contributed by atoms with E-state index in [9.17, 15) is 67.2 Å². The van der Waals surface area contributed by atoms with Crippen molar-refractivity contribution in [2.45, 2.75) is 24.9 Å². The Morgan fingerprint density at radius 1 is 0.621 bits per heavy atom. The fourth-order valence-corrected chi connectivity index (χ4v) is 5.20. The number of nitrogens with two attached hydrogens (primary N) is 2. The van der Waals surface area contributed by atoms with E-state index in [0.29, 0.717) is 24.3 Å². The highest BCUT2D eigenvalue weighted by Crippen LogP contribution is 2.38. The molecule has 0 aliphatic heterocycles. The molecule has 4 aromatic carbocycles. The predicted octanol–water partition coefficient (Wildman–Crippen LogP) is 13.1. The molecule has 0 unspecified atom stereocenters. The summed E-state index contributed by atoms with van der Waals surface area (Å²) in [4.78, 5) is 9.47. The Hall–Kier alpha value is -4.74. The summed E-state index contributed by atoms with van der Waals surface area (Å²) >= 11 is 19.3. The summed E-state index contributed by atoms with van der Waals surface area (Å²) in [6.45, 7) is 0. The Balaban J connectivity index is 0.000000387. The van der Waals surface area contributed by atoms with Crippen molar-refractivity contribution in [3.63, 3.8) is 0 Å². The second kappa shape index (κ2) is 20.3. The molecular formula is C31H12Br3Cl2F13N6O3. The molecule has 0 aliphatic carbocycles. The van der Waals surface area contributed by atoms with Crippen LogP contribution in [0.25, 0.3) is 0 Å². The monoisotopic (exact) mass is 1070 g/mol. The smallest absolute Gasteiger partial charge is 0.405 e. The fraction of sp³-hybridized carbons (Fsp3) is 0.129. The van der Waals surface area contributed by atoms with Crippen molar-refractivity contribution < 1.29 is 66.7 Å². The fourth-order valence-electron chi connectivity index (χ4n) is 3.46. The van der Waals surface area contributed by atoms with Crippen molar-refractivity contribution in [1.29, 1.82) is 15.8 Å². The highest BCUT2D eigenvalue weighted by molar-refractivity contribution is 9.11. The molecule has 0 spiro atoms. The van der Waals surface area contributed by atoms with Crippen LogP contribution in [0.4, 0.5) is 74.1 Å². The number of benzene rings is 4. The van der Waals surface area contributed by atoms with Gasteiger partial charge in [-0.25, -0.2) is 4.39 Å². The molecule has 310 valence electrons. The van der Waals surface area contributed by atoms with Gasteiger partial charge in [0.15, 0.2) is 5.82 Å². The zero-order valence-electron chi connectivity index (χ0n) is 27.1. The van der Waals surface area contributed by atoms with Crippen molar-refractivity contribution in [3.05, 3.63) is 121 Å². The molecule has 0 saturated heterocycles. The van der Waals surface area contributed by atoms with E-state index in [-0.39, 0.29) is 40.3 Å². The van der Waals surface area contributed by atoms with Crippen LogP contribution in [0.3, 0.4) is 0 Å². The lowest BCUT2D eigenvalue weighted by molar-refractivity contribution is -0.384. The Morgan fingerprint density at radius 3 is 1.41 bits per heavy atom. The second-order valence-electron chi connectivity index (χ2n) is 10.0. The maximum absolute atomic E-state index is 12.9. The second-order valence-corrected chi connectivity index (χ2v) is 13.4. The van der Waals surface area contributed by atoms with Gasteiger partial charge in [0.1, 0.15) is 29.6 Å². The molecule has 0 fully saturated rings. The summed E-state index contributed by atoms with van der Waals surface area (Å²) in [5.74, 6) is -1.78. The van der Waals surface area contributed by atoms with Gasteiger partial charge in [-0.05, 0) is 84.2 Å². The molecule has 4 N–H and O–H groups in total. The molecule has 0 atom stereocenters. The lowest BCUT2D eigenvalue weighted by atomic mass is 10.1. The summed E-state index contributed by atoms with van der Waals surface area (Å²) in [5, 5.41) is 35.4. The Labute approximate surface area is 350 Å². The lowest BCUT2D eigenvalue weighted by Gasteiger charge is -2.09. The van der Waals surface area contributed by atoms with Gasteiger partial charge >= 0.3 is 24.9 Å². The first-order valence-electron chi connectivity index (χ1n) is 13.8. The number of halogens is 18. The summed E-state index contributed by atoms with van der Waals surface area (Å²) in [7, 11) is 0. The van der Waals surface area contributed by atoms with Gasteiger partial charge in [0.25, 0.3) is 5.69 Å². The van der Waals surface area contributed by atoms with Crippen LogP contribution in [0.1, 0.15) is 33.4 Å². The zero-order valence-corrected chi connectivity index (χ0v) is 33.4. The number of hydrogen-bond acceptors (Lipinski definition) is 8. The van der Waals surface area contributed by atoms with Crippen LogP contribution in [-0.4, -0.2) is 11.3 Å². The van der Waals surface area contributed by atoms with Gasteiger partial charge in [-0.1, -0.05) is 23.2 Å². The molecule has 27 heteroatoms. The number of nitro groups is 1. The molecule has 0 heterocycles. The molecule has 9 nitrogen and oxygen atoms in total. The van der Waals surface area contributed by atoms with Crippen LogP contribution in [0, 0.1) is 49.9 Å². The van der Waals surface area contributed by atoms with E-state index in [4.69, 9.17) is 50.5 Å². The molecule has 0 radical (unpaired) electrons. The van der Waals surface area contributed by atoms with Crippen molar-refractivity contribution >= 4 is 88.1 Å². The third-order valence-electron chi connectivity index (χ3n) is 6.04. The van der Waals surface area contributed by atoms with Crippen LogP contribution in [0.15, 0.2) is 61.9 Å². The molecule has 4 aromatic rings. The van der Waals surface area contributed by atoms with Gasteiger partial charge in [0, 0.05) is 15.0 Å². The van der Waals surface area contributed by atoms with Crippen molar-refractivity contribution in [2.75, 3.05) is 11.5 Å².